The van der Waals surface area contributed by atoms with Gasteiger partial charge in [-0.1, -0.05) is 30.3 Å². The normalized spacial score (nSPS) is 20.7. The summed E-state index contributed by atoms with van der Waals surface area (Å²) in [5.74, 6) is 0.0870. The number of nitrogens with zero attached hydrogens (tertiary/aromatic N) is 5. The zero-order valence-corrected chi connectivity index (χ0v) is 14.3. The first-order chi connectivity index (χ1) is 12.3. The van der Waals surface area contributed by atoms with Gasteiger partial charge >= 0.3 is 0 Å². The van der Waals surface area contributed by atoms with Crippen LogP contribution < -0.4 is 0 Å². The van der Waals surface area contributed by atoms with Gasteiger partial charge in [0.05, 0.1) is 5.60 Å². The summed E-state index contributed by atoms with van der Waals surface area (Å²) in [6.07, 6.45) is 6.21. The van der Waals surface area contributed by atoms with E-state index in [1.54, 1.807) is 4.68 Å². The lowest BCUT2D eigenvalue weighted by Gasteiger charge is -2.39. The predicted molar refractivity (Wildman–Crippen MR) is 90.7 cm³/mol. The third kappa shape index (κ3) is 3.42. The van der Waals surface area contributed by atoms with Crippen LogP contribution in [0.4, 0.5) is 0 Å². The van der Waals surface area contributed by atoms with Gasteiger partial charge in [0.1, 0.15) is 12.4 Å². The molecule has 1 aromatic heterocycles. The quantitative estimate of drug-likeness (QED) is 0.845. The first kappa shape index (κ1) is 16.2. The van der Waals surface area contributed by atoms with E-state index in [1.165, 1.54) is 6.33 Å². The van der Waals surface area contributed by atoms with Crippen LogP contribution in [0.1, 0.15) is 37.3 Å². The van der Waals surface area contributed by atoms with E-state index in [4.69, 9.17) is 4.74 Å². The minimum atomic E-state index is -0.407. The Morgan fingerprint density at radius 1 is 1.20 bits per heavy atom. The number of hydrogen-bond acceptors (Lipinski definition) is 5. The predicted octanol–water partition coefficient (Wildman–Crippen LogP) is 1.63. The van der Waals surface area contributed by atoms with Gasteiger partial charge in [0.25, 0.3) is 0 Å². The summed E-state index contributed by atoms with van der Waals surface area (Å²) in [5.41, 5.74) is 1.12. The Balaban J connectivity index is 1.48. The summed E-state index contributed by atoms with van der Waals surface area (Å²) in [4.78, 5) is 15.1. The monoisotopic (exact) mass is 341 g/mol. The molecule has 2 aliphatic heterocycles. The van der Waals surface area contributed by atoms with Gasteiger partial charge in [-0.2, -0.15) is 0 Å². The number of rotatable bonds is 4. The molecule has 0 saturated carbocycles. The number of carbonyl (C=O) groups excluding carboxylic acids is 1. The van der Waals surface area contributed by atoms with Crippen molar-refractivity contribution in [3.63, 3.8) is 0 Å². The van der Waals surface area contributed by atoms with Crippen molar-refractivity contribution in [3.8, 4) is 0 Å². The fraction of sp³-hybridized carbons (Fsp3) is 0.556. The fourth-order valence-electron chi connectivity index (χ4n) is 3.94. The van der Waals surface area contributed by atoms with Crippen LogP contribution in [-0.4, -0.2) is 56.3 Å². The van der Waals surface area contributed by atoms with Gasteiger partial charge in [0.2, 0.25) is 5.91 Å². The number of tetrazole rings is 1. The molecular weight excluding hydrogens is 318 g/mol. The van der Waals surface area contributed by atoms with Gasteiger partial charge < -0.3 is 9.64 Å². The number of benzene rings is 1. The zero-order chi connectivity index (χ0) is 17.1. The van der Waals surface area contributed by atoms with Crippen molar-refractivity contribution in [1.82, 2.24) is 25.1 Å². The van der Waals surface area contributed by atoms with Crippen molar-refractivity contribution < 1.29 is 9.53 Å². The molecular formula is C18H23N5O2. The Hall–Kier alpha value is -2.28. The van der Waals surface area contributed by atoms with Gasteiger partial charge in [-0.15, -0.1) is 5.10 Å². The second kappa shape index (κ2) is 6.92. The third-order valence-corrected chi connectivity index (χ3v) is 5.41. The molecule has 1 atom stereocenters. The maximum absolute atomic E-state index is 13.2. The Labute approximate surface area is 147 Å². The van der Waals surface area contributed by atoms with E-state index in [1.807, 2.05) is 35.2 Å². The van der Waals surface area contributed by atoms with Gasteiger partial charge in [0, 0.05) is 26.1 Å². The first-order valence-corrected chi connectivity index (χ1v) is 8.95. The van der Waals surface area contributed by atoms with Crippen LogP contribution >= 0.6 is 0 Å². The fourth-order valence-corrected chi connectivity index (χ4v) is 3.94. The number of likely N-dealkylation sites (tertiary alicyclic amines) is 1. The second-order valence-electron chi connectivity index (χ2n) is 6.96. The van der Waals surface area contributed by atoms with E-state index in [0.29, 0.717) is 6.42 Å². The van der Waals surface area contributed by atoms with Crippen molar-refractivity contribution in [2.75, 3.05) is 19.7 Å². The van der Waals surface area contributed by atoms with E-state index in [2.05, 4.69) is 15.5 Å². The van der Waals surface area contributed by atoms with Crippen molar-refractivity contribution in [3.05, 3.63) is 42.2 Å². The number of aromatic nitrogens is 4. The van der Waals surface area contributed by atoms with E-state index < -0.39 is 6.04 Å². The van der Waals surface area contributed by atoms with Crippen LogP contribution in [0.5, 0.6) is 0 Å². The van der Waals surface area contributed by atoms with Crippen LogP contribution in [-0.2, 0) is 16.0 Å². The Morgan fingerprint density at radius 2 is 2.00 bits per heavy atom. The summed E-state index contributed by atoms with van der Waals surface area (Å²) in [7, 11) is 0. The van der Waals surface area contributed by atoms with E-state index in [-0.39, 0.29) is 11.5 Å². The molecule has 0 aliphatic carbocycles. The second-order valence-corrected chi connectivity index (χ2v) is 6.96. The highest BCUT2D eigenvalue weighted by Gasteiger charge is 2.40. The average Bonchev–Trinajstić information content (AvgIpc) is 3.33. The van der Waals surface area contributed by atoms with Gasteiger partial charge in [-0.05, 0) is 41.7 Å². The SMILES string of the molecule is O=C([C@@H](Cc1ccccc1)n1cnnn1)N1CCC2(CCCO2)CC1. The summed E-state index contributed by atoms with van der Waals surface area (Å²) in [6.45, 7) is 2.34. The maximum atomic E-state index is 13.2. The first-order valence-electron chi connectivity index (χ1n) is 8.95. The van der Waals surface area contributed by atoms with Gasteiger partial charge in [-0.3, -0.25) is 4.79 Å². The van der Waals surface area contributed by atoms with E-state index >= 15 is 0 Å². The van der Waals surface area contributed by atoms with Gasteiger partial charge in [-0.25, -0.2) is 4.68 Å². The molecule has 2 fully saturated rings. The van der Waals surface area contributed by atoms with Crippen molar-refractivity contribution in [2.45, 2.75) is 43.7 Å². The molecule has 1 aromatic carbocycles. The van der Waals surface area contributed by atoms with Crippen LogP contribution in [0.3, 0.4) is 0 Å². The molecule has 1 amide bonds. The highest BCUT2D eigenvalue weighted by Crippen LogP contribution is 2.36. The smallest absolute Gasteiger partial charge is 0.247 e. The lowest BCUT2D eigenvalue weighted by molar-refractivity contribution is -0.140. The highest BCUT2D eigenvalue weighted by molar-refractivity contribution is 5.80. The molecule has 0 radical (unpaired) electrons. The molecule has 4 rings (SSSR count). The molecule has 1 spiro atoms. The summed E-state index contributed by atoms with van der Waals surface area (Å²) < 4.78 is 7.54. The van der Waals surface area contributed by atoms with Gasteiger partial charge in [0.15, 0.2) is 0 Å². The molecule has 2 aromatic rings. The molecule has 7 nitrogen and oxygen atoms in total. The Morgan fingerprint density at radius 3 is 2.64 bits per heavy atom. The van der Waals surface area contributed by atoms with E-state index in [9.17, 15) is 4.79 Å². The third-order valence-electron chi connectivity index (χ3n) is 5.41. The minimum absolute atomic E-state index is 0.0144. The molecule has 132 valence electrons. The molecule has 3 heterocycles. The number of carbonyl (C=O) groups is 1. The maximum Gasteiger partial charge on any atom is 0.247 e. The lowest BCUT2D eigenvalue weighted by Crippen LogP contribution is -2.48. The van der Waals surface area contributed by atoms with Crippen LogP contribution in [0, 0.1) is 0 Å². The lowest BCUT2D eigenvalue weighted by atomic mass is 9.88. The minimum Gasteiger partial charge on any atom is -0.375 e. The van der Waals surface area contributed by atoms with Crippen LogP contribution in [0.15, 0.2) is 36.7 Å². The summed E-state index contributed by atoms with van der Waals surface area (Å²) in [6, 6.07) is 9.60. The number of amides is 1. The van der Waals surface area contributed by atoms with Crippen LogP contribution in [0.2, 0.25) is 0 Å². The van der Waals surface area contributed by atoms with Crippen molar-refractivity contribution in [1.29, 1.82) is 0 Å². The number of hydrogen-bond donors (Lipinski definition) is 0. The largest absolute Gasteiger partial charge is 0.375 e. The van der Waals surface area contributed by atoms with Crippen molar-refractivity contribution in [2.24, 2.45) is 0 Å². The Kier molecular flexibility index (Phi) is 4.48. The molecule has 7 heteroatoms. The van der Waals surface area contributed by atoms with Crippen LogP contribution in [0.25, 0.3) is 0 Å². The average molecular weight is 341 g/mol. The topological polar surface area (TPSA) is 73.1 Å². The molecule has 25 heavy (non-hydrogen) atoms. The molecule has 2 aliphatic rings. The number of piperidine rings is 1. The molecule has 0 N–H and O–H groups in total. The standard InChI is InChI=1S/C18H23N5O2/c24-17(22-10-8-18(9-11-22)7-4-12-25-18)16(23-14-19-20-21-23)13-15-5-2-1-3-6-15/h1-3,5-6,14,16H,4,7-13H2/t16-/m1/s1. The van der Waals surface area contributed by atoms with Crippen molar-refractivity contribution >= 4 is 5.91 Å². The molecule has 0 bridgehead atoms. The summed E-state index contributed by atoms with van der Waals surface area (Å²) in [5, 5.41) is 11.4. The highest BCUT2D eigenvalue weighted by atomic mass is 16.5. The Bertz CT molecular complexity index is 688. The molecule has 2 saturated heterocycles. The summed E-state index contributed by atoms with van der Waals surface area (Å²) >= 11 is 0. The van der Waals surface area contributed by atoms with E-state index in [0.717, 1.165) is 50.9 Å². The molecule has 0 unspecified atom stereocenters. The number of ether oxygens (including phenoxy) is 1. The zero-order valence-electron chi connectivity index (χ0n) is 14.3.